The summed E-state index contributed by atoms with van der Waals surface area (Å²) in [7, 11) is -2.22. The van der Waals surface area contributed by atoms with Crippen LogP contribution in [0.1, 0.15) is 16.9 Å². The Kier molecular flexibility index (Phi) is 5.11. The third kappa shape index (κ3) is 4.85. The van der Waals surface area contributed by atoms with Crippen LogP contribution in [-0.4, -0.2) is 31.5 Å². The van der Waals surface area contributed by atoms with E-state index in [9.17, 15) is 8.42 Å². The lowest BCUT2D eigenvalue weighted by Gasteiger charge is -2.11. The van der Waals surface area contributed by atoms with E-state index in [1.54, 1.807) is 0 Å². The summed E-state index contributed by atoms with van der Waals surface area (Å²) >= 11 is 1.43. The van der Waals surface area contributed by atoms with Crippen LogP contribution in [0.2, 0.25) is 0 Å². The summed E-state index contributed by atoms with van der Waals surface area (Å²) < 4.78 is 23.1. The lowest BCUT2D eigenvalue weighted by Crippen LogP contribution is -2.32. The third-order valence-electron chi connectivity index (χ3n) is 1.94. The van der Waals surface area contributed by atoms with Crippen LogP contribution in [-0.2, 0) is 16.8 Å². The summed E-state index contributed by atoms with van der Waals surface area (Å²) in [6.07, 6.45) is 0.433. The molecule has 3 N–H and O–H groups in total. The van der Waals surface area contributed by atoms with Gasteiger partial charge in [0.15, 0.2) is 0 Å². The van der Waals surface area contributed by atoms with Crippen LogP contribution in [0, 0.1) is 11.8 Å². The zero-order valence-electron chi connectivity index (χ0n) is 9.38. The molecule has 0 aliphatic rings. The fourth-order valence-corrected chi connectivity index (χ4v) is 2.33. The molecule has 94 valence electrons. The smallest absolute Gasteiger partial charge is 0.276 e. The van der Waals surface area contributed by atoms with Gasteiger partial charge in [0.2, 0.25) is 0 Å². The zero-order chi connectivity index (χ0) is 12.9. The average Bonchev–Trinajstić information content (AvgIpc) is 2.65. The SMILES string of the molecule is CN(Cc1cc(C#CCCO)cs1)S(N)(=O)=O. The minimum absolute atomic E-state index is 0.0398. The molecule has 0 aromatic carbocycles. The van der Waals surface area contributed by atoms with E-state index in [0.717, 1.165) is 14.7 Å². The van der Waals surface area contributed by atoms with E-state index < -0.39 is 10.2 Å². The molecule has 0 saturated heterocycles. The second-order valence-electron chi connectivity index (χ2n) is 3.38. The van der Waals surface area contributed by atoms with Crippen LogP contribution in [0.25, 0.3) is 0 Å². The molecule has 0 fully saturated rings. The van der Waals surface area contributed by atoms with Gasteiger partial charge in [-0.05, 0) is 6.07 Å². The number of nitrogens with two attached hydrogens (primary N) is 1. The van der Waals surface area contributed by atoms with E-state index in [0.29, 0.717) is 6.42 Å². The molecule has 1 aromatic rings. The van der Waals surface area contributed by atoms with Crippen molar-refractivity contribution in [1.82, 2.24) is 4.31 Å². The van der Waals surface area contributed by atoms with E-state index >= 15 is 0 Å². The fraction of sp³-hybridized carbons (Fsp3) is 0.400. The van der Waals surface area contributed by atoms with Crippen LogP contribution in [0.15, 0.2) is 11.4 Å². The minimum Gasteiger partial charge on any atom is -0.395 e. The van der Waals surface area contributed by atoms with Crippen LogP contribution in [0.3, 0.4) is 0 Å². The molecular formula is C10H14N2O3S2. The summed E-state index contributed by atoms with van der Waals surface area (Å²) in [4.78, 5) is 0.870. The Morgan fingerprint density at radius 3 is 2.88 bits per heavy atom. The average molecular weight is 274 g/mol. The van der Waals surface area contributed by atoms with E-state index in [2.05, 4.69) is 11.8 Å². The highest BCUT2D eigenvalue weighted by Gasteiger charge is 2.12. The molecule has 5 nitrogen and oxygen atoms in total. The summed E-state index contributed by atoms with van der Waals surface area (Å²) in [6.45, 7) is 0.281. The fourth-order valence-electron chi connectivity index (χ4n) is 1.06. The van der Waals surface area contributed by atoms with Crippen molar-refractivity contribution in [1.29, 1.82) is 0 Å². The van der Waals surface area contributed by atoms with Gasteiger partial charge in [-0.3, -0.25) is 0 Å². The van der Waals surface area contributed by atoms with Gasteiger partial charge < -0.3 is 5.11 Å². The number of hydrogen-bond donors (Lipinski definition) is 2. The van der Waals surface area contributed by atoms with Crippen molar-refractivity contribution < 1.29 is 13.5 Å². The molecule has 0 aliphatic carbocycles. The van der Waals surface area contributed by atoms with E-state index in [1.165, 1.54) is 18.4 Å². The lowest BCUT2D eigenvalue weighted by molar-refractivity contribution is 0.305. The van der Waals surface area contributed by atoms with Crippen LogP contribution in [0.5, 0.6) is 0 Å². The number of nitrogens with zero attached hydrogens (tertiary/aromatic N) is 1. The van der Waals surface area contributed by atoms with E-state index in [4.69, 9.17) is 10.2 Å². The Bertz CT molecular complexity index is 525. The first-order chi connectivity index (χ1) is 7.93. The molecule has 0 atom stereocenters. The van der Waals surface area contributed by atoms with Gasteiger partial charge in [0.05, 0.1) is 6.61 Å². The summed E-state index contributed by atoms with van der Waals surface area (Å²) in [5, 5.41) is 15.4. The maximum Gasteiger partial charge on any atom is 0.276 e. The maximum atomic E-state index is 11.0. The number of thiophene rings is 1. The van der Waals surface area contributed by atoms with Crippen molar-refractivity contribution in [3.63, 3.8) is 0 Å². The van der Waals surface area contributed by atoms with Crippen molar-refractivity contribution in [2.24, 2.45) is 5.14 Å². The molecule has 1 heterocycles. The molecule has 1 aromatic heterocycles. The summed E-state index contributed by atoms with van der Waals surface area (Å²) in [6, 6.07) is 1.82. The molecule has 1 rings (SSSR count). The molecule has 17 heavy (non-hydrogen) atoms. The predicted octanol–water partition coefficient (Wildman–Crippen LogP) is 0.117. The zero-order valence-corrected chi connectivity index (χ0v) is 11.0. The van der Waals surface area contributed by atoms with Crippen molar-refractivity contribution in [2.45, 2.75) is 13.0 Å². The van der Waals surface area contributed by atoms with Crippen LogP contribution >= 0.6 is 11.3 Å². The van der Waals surface area contributed by atoms with E-state index in [1.807, 2.05) is 11.4 Å². The first kappa shape index (κ1) is 14.2. The largest absolute Gasteiger partial charge is 0.395 e. The molecular weight excluding hydrogens is 260 g/mol. The van der Waals surface area contributed by atoms with Gasteiger partial charge >= 0.3 is 0 Å². The van der Waals surface area contributed by atoms with Gasteiger partial charge in [-0.1, -0.05) is 11.8 Å². The van der Waals surface area contributed by atoms with Gasteiger partial charge in [0, 0.05) is 35.8 Å². The number of rotatable bonds is 4. The Hall–Kier alpha value is -0.910. The molecule has 0 bridgehead atoms. The van der Waals surface area contributed by atoms with Gasteiger partial charge in [0.1, 0.15) is 0 Å². The number of aliphatic hydroxyl groups excluding tert-OH is 1. The quantitative estimate of drug-likeness (QED) is 0.765. The first-order valence-corrected chi connectivity index (χ1v) is 7.23. The molecule has 0 unspecified atom stereocenters. The second-order valence-corrected chi connectivity index (χ2v) is 6.03. The van der Waals surface area contributed by atoms with Gasteiger partial charge in [-0.15, -0.1) is 11.3 Å². The number of hydrogen-bond acceptors (Lipinski definition) is 4. The lowest BCUT2D eigenvalue weighted by atomic mass is 10.3. The Labute approximate surface area is 105 Å². The maximum absolute atomic E-state index is 11.0. The molecule has 0 radical (unpaired) electrons. The molecule has 0 saturated carbocycles. The van der Waals surface area contributed by atoms with Crippen LogP contribution < -0.4 is 5.14 Å². The highest BCUT2D eigenvalue weighted by molar-refractivity contribution is 7.86. The first-order valence-electron chi connectivity index (χ1n) is 4.84. The standard InChI is InChI=1S/C10H14N2O3S2/c1-12(17(11,14)15)7-10-6-9(8-16-10)4-2-3-5-13/h6,8,13H,3,5,7H2,1H3,(H2,11,14,15). The van der Waals surface area contributed by atoms with E-state index in [-0.39, 0.29) is 13.2 Å². The predicted molar refractivity (Wildman–Crippen MR) is 67.5 cm³/mol. The Morgan fingerprint density at radius 2 is 2.29 bits per heavy atom. The second kappa shape index (κ2) is 6.14. The monoisotopic (exact) mass is 274 g/mol. The Morgan fingerprint density at radius 1 is 1.59 bits per heavy atom. The normalized spacial score (nSPS) is 11.3. The van der Waals surface area contributed by atoms with Gasteiger partial charge in [-0.25, -0.2) is 5.14 Å². The van der Waals surface area contributed by atoms with Crippen LogP contribution in [0.4, 0.5) is 0 Å². The molecule has 0 amide bonds. The minimum atomic E-state index is -3.64. The highest BCUT2D eigenvalue weighted by atomic mass is 32.2. The van der Waals surface area contributed by atoms with Crippen molar-refractivity contribution in [2.75, 3.05) is 13.7 Å². The molecule has 0 spiro atoms. The molecule has 0 aliphatic heterocycles. The topological polar surface area (TPSA) is 83.6 Å². The Balaban J connectivity index is 2.67. The summed E-state index contributed by atoms with van der Waals surface area (Å²) in [5.74, 6) is 5.68. The highest BCUT2D eigenvalue weighted by Crippen LogP contribution is 2.16. The van der Waals surface area contributed by atoms with Crippen molar-refractivity contribution in [3.8, 4) is 11.8 Å². The van der Waals surface area contributed by atoms with Gasteiger partial charge in [-0.2, -0.15) is 12.7 Å². The third-order valence-corrected chi connectivity index (χ3v) is 3.86. The number of aliphatic hydroxyl groups is 1. The van der Waals surface area contributed by atoms with Crippen molar-refractivity contribution in [3.05, 3.63) is 21.9 Å². The summed E-state index contributed by atoms with van der Waals surface area (Å²) in [5.41, 5.74) is 0.821. The molecule has 7 heteroatoms. The van der Waals surface area contributed by atoms with Crippen molar-refractivity contribution >= 4 is 21.5 Å². The van der Waals surface area contributed by atoms with Gasteiger partial charge in [0.25, 0.3) is 10.2 Å².